The van der Waals surface area contributed by atoms with Gasteiger partial charge in [-0.2, -0.15) is 0 Å². The summed E-state index contributed by atoms with van der Waals surface area (Å²) in [4.78, 5) is 22.4. The van der Waals surface area contributed by atoms with Crippen molar-refractivity contribution in [2.24, 2.45) is 0 Å². The number of benzene rings is 1. The van der Waals surface area contributed by atoms with Gasteiger partial charge in [-0.1, -0.05) is 24.3 Å². The zero-order valence-corrected chi connectivity index (χ0v) is 9.27. The van der Waals surface area contributed by atoms with Gasteiger partial charge in [0.1, 0.15) is 6.54 Å². The fourth-order valence-corrected chi connectivity index (χ4v) is 1.91. The van der Waals surface area contributed by atoms with Crippen molar-refractivity contribution in [3.63, 3.8) is 0 Å². The zero-order chi connectivity index (χ0) is 12.3. The minimum absolute atomic E-state index is 0.00950. The fourth-order valence-electron chi connectivity index (χ4n) is 1.91. The Hall–Kier alpha value is -2.10. The Bertz CT molecular complexity index is 491. The number of hydrogen-bond donors (Lipinski definition) is 2. The first-order chi connectivity index (χ1) is 8.18. The monoisotopic (exact) mass is 231 g/mol. The number of fused-ring (bicyclic) bond motifs is 1. The van der Waals surface area contributed by atoms with Crippen LogP contribution in [0.15, 0.2) is 36.0 Å². The topological polar surface area (TPSA) is 66.4 Å². The van der Waals surface area contributed by atoms with Gasteiger partial charge in [0.05, 0.1) is 0 Å². The van der Waals surface area contributed by atoms with Gasteiger partial charge in [-0.3, -0.25) is 9.59 Å². The molecule has 2 rings (SSSR count). The van der Waals surface area contributed by atoms with Crippen LogP contribution in [0.2, 0.25) is 0 Å². The zero-order valence-electron chi connectivity index (χ0n) is 9.27. The molecule has 0 heterocycles. The summed E-state index contributed by atoms with van der Waals surface area (Å²) in [6, 6.07) is 7.52. The fraction of sp³-hybridized carbons (Fsp3) is 0.231. The molecule has 2 N–H and O–H groups in total. The normalized spacial score (nSPS) is 16.7. The molecule has 0 amide bonds. The molecule has 17 heavy (non-hydrogen) atoms. The second-order valence-corrected chi connectivity index (χ2v) is 3.93. The number of Topliss-reactive ketones (excluding diaryl/α,β-unsaturated/α-hetero) is 1. The Morgan fingerprint density at radius 1 is 1.35 bits per heavy atom. The summed E-state index contributed by atoms with van der Waals surface area (Å²) in [5, 5.41) is 11.1. The van der Waals surface area contributed by atoms with Crippen molar-refractivity contribution < 1.29 is 14.7 Å². The number of rotatable bonds is 3. The van der Waals surface area contributed by atoms with Crippen molar-refractivity contribution in [1.82, 2.24) is 5.32 Å². The van der Waals surface area contributed by atoms with E-state index in [0.29, 0.717) is 12.0 Å². The van der Waals surface area contributed by atoms with E-state index in [2.05, 4.69) is 5.32 Å². The van der Waals surface area contributed by atoms with Crippen molar-refractivity contribution in [2.45, 2.75) is 12.8 Å². The molecule has 0 saturated carbocycles. The Labute approximate surface area is 99.0 Å². The van der Waals surface area contributed by atoms with Crippen LogP contribution in [0.4, 0.5) is 0 Å². The van der Waals surface area contributed by atoms with Crippen LogP contribution < -0.4 is 5.32 Å². The standard InChI is InChI=1S/C13H13NO3/c15-12(16)8-14-7-10-6-5-9-3-1-2-4-11(9)13(10)17/h1-4,7,14H,5-6,8H2,(H,15,16)/b10-7-. The van der Waals surface area contributed by atoms with Gasteiger partial charge in [0.25, 0.3) is 0 Å². The van der Waals surface area contributed by atoms with Crippen LogP contribution in [0.3, 0.4) is 0 Å². The summed E-state index contributed by atoms with van der Waals surface area (Å²) in [6.45, 7) is -0.168. The van der Waals surface area contributed by atoms with Crippen molar-refractivity contribution in [1.29, 1.82) is 0 Å². The molecule has 0 fully saturated rings. The molecule has 0 radical (unpaired) electrons. The van der Waals surface area contributed by atoms with E-state index in [1.54, 1.807) is 0 Å². The highest BCUT2D eigenvalue weighted by atomic mass is 16.4. The van der Waals surface area contributed by atoms with Crippen LogP contribution in [0.25, 0.3) is 0 Å². The number of nitrogens with one attached hydrogen (secondary N) is 1. The summed E-state index contributed by atoms with van der Waals surface area (Å²) < 4.78 is 0. The number of carbonyl (C=O) groups is 2. The van der Waals surface area contributed by atoms with Crippen LogP contribution in [0, 0.1) is 0 Å². The van der Waals surface area contributed by atoms with Gasteiger partial charge < -0.3 is 10.4 Å². The summed E-state index contributed by atoms with van der Waals surface area (Å²) in [7, 11) is 0. The molecule has 0 aromatic heterocycles. The number of hydrogen-bond acceptors (Lipinski definition) is 3. The highest BCUT2D eigenvalue weighted by Gasteiger charge is 2.20. The minimum Gasteiger partial charge on any atom is -0.480 e. The lowest BCUT2D eigenvalue weighted by Gasteiger charge is -2.17. The Kier molecular flexibility index (Phi) is 3.23. The lowest BCUT2D eigenvalue weighted by atomic mass is 9.87. The molecule has 88 valence electrons. The number of carboxylic acids is 1. The van der Waals surface area contributed by atoms with E-state index < -0.39 is 5.97 Å². The molecule has 4 nitrogen and oxygen atoms in total. The van der Waals surface area contributed by atoms with Gasteiger partial charge in [-0.15, -0.1) is 0 Å². The highest BCUT2D eigenvalue weighted by molar-refractivity contribution is 6.10. The van der Waals surface area contributed by atoms with Crippen LogP contribution in [-0.2, 0) is 11.2 Å². The lowest BCUT2D eigenvalue weighted by Crippen LogP contribution is -2.21. The van der Waals surface area contributed by atoms with E-state index in [4.69, 9.17) is 5.11 Å². The second kappa shape index (κ2) is 4.82. The van der Waals surface area contributed by atoms with E-state index >= 15 is 0 Å². The van der Waals surface area contributed by atoms with Crippen LogP contribution in [0.1, 0.15) is 22.3 Å². The third kappa shape index (κ3) is 2.53. The first-order valence-electron chi connectivity index (χ1n) is 5.45. The second-order valence-electron chi connectivity index (χ2n) is 3.93. The van der Waals surface area contributed by atoms with Gasteiger partial charge >= 0.3 is 5.97 Å². The summed E-state index contributed by atoms with van der Waals surface area (Å²) >= 11 is 0. The van der Waals surface area contributed by atoms with Gasteiger partial charge in [-0.05, 0) is 18.4 Å². The SMILES string of the molecule is O=C(O)CN/C=C1/CCc2ccccc2C1=O. The van der Waals surface area contributed by atoms with E-state index in [-0.39, 0.29) is 12.3 Å². The van der Waals surface area contributed by atoms with Crippen LogP contribution >= 0.6 is 0 Å². The average molecular weight is 231 g/mol. The van der Waals surface area contributed by atoms with Crippen molar-refractivity contribution in [3.05, 3.63) is 47.2 Å². The van der Waals surface area contributed by atoms with Crippen LogP contribution in [-0.4, -0.2) is 23.4 Å². The Morgan fingerprint density at radius 2 is 2.12 bits per heavy atom. The van der Waals surface area contributed by atoms with E-state index in [1.165, 1.54) is 6.20 Å². The Morgan fingerprint density at radius 3 is 2.88 bits per heavy atom. The first kappa shape index (κ1) is 11.4. The number of carbonyl (C=O) groups excluding carboxylic acids is 1. The molecule has 0 aliphatic heterocycles. The van der Waals surface area contributed by atoms with Crippen molar-refractivity contribution in [3.8, 4) is 0 Å². The quantitative estimate of drug-likeness (QED) is 0.771. The molecule has 0 bridgehead atoms. The highest BCUT2D eigenvalue weighted by Crippen LogP contribution is 2.24. The minimum atomic E-state index is -0.939. The molecule has 4 heteroatoms. The molecule has 1 aromatic carbocycles. The first-order valence-corrected chi connectivity index (χ1v) is 5.45. The third-order valence-electron chi connectivity index (χ3n) is 2.75. The van der Waals surface area contributed by atoms with Crippen molar-refractivity contribution >= 4 is 11.8 Å². The summed E-state index contributed by atoms with van der Waals surface area (Å²) in [5.74, 6) is -0.949. The molecule has 1 aromatic rings. The number of aliphatic carboxylic acids is 1. The van der Waals surface area contributed by atoms with E-state index in [9.17, 15) is 9.59 Å². The molecule has 1 aliphatic rings. The molecular formula is C13H13NO3. The van der Waals surface area contributed by atoms with Gasteiger partial charge in [0.15, 0.2) is 5.78 Å². The van der Waals surface area contributed by atoms with E-state index in [0.717, 1.165) is 17.5 Å². The molecule has 1 aliphatic carbocycles. The maximum atomic E-state index is 12.0. The van der Waals surface area contributed by atoms with Gasteiger partial charge in [-0.25, -0.2) is 0 Å². The number of ketones is 1. The third-order valence-corrected chi connectivity index (χ3v) is 2.75. The molecule has 0 spiro atoms. The van der Waals surface area contributed by atoms with Gasteiger partial charge in [0.2, 0.25) is 0 Å². The van der Waals surface area contributed by atoms with Crippen molar-refractivity contribution in [2.75, 3.05) is 6.54 Å². The average Bonchev–Trinajstić information content (AvgIpc) is 2.32. The largest absolute Gasteiger partial charge is 0.480 e. The lowest BCUT2D eigenvalue weighted by molar-refractivity contribution is -0.135. The predicted molar refractivity (Wildman–Crippen MR) is 62.8 cm³/mol. The van der Waals surface area contributed by atoms with Gasteiger partial charge in [0, 0.05) is 17.3 Å². The maximum Gasteiger partial charge on any atom is 0.322 e. The number of allylic oxidation sites excluding steroid dienone is 1. The summed E-state index contributed by atoms with van der Waals surface area (Å²) in [6.07, 6.45) is 3.00. The molecule has 0 atom stereocenters. The molecule has 0 saturated heterocycles. The number of aryl methyl sites for hydroxylation is 1. The smallest absolute Gasteiger partial charge is 0.322 e. The van der Waals surface area contributed by atoms with E-state index in [1.807, 2.05) is 24.3 Å². The summed E-state index contributed by atoms with van der Waals surface area (Å²) in [5.41, 5.74) is 2.43. The number of carboxylic acid groups (broad SMARTS) is 1. The van der Waals surface area contributed by atoms with Crippen LogP contribution in [0.5, 0.6) is 0 Å². The molecular weight excluding hydrogens is 218 g/mol. The molecule has 0 unspecified atom stereocenters. The predicted octanol–water partition coefficient (Wildman–Crippen LogP) is 1.37. The maximum absolute atomic E-state index is 12.0. The Balaban J connectivity index is 2.14.